The molecule has 0 aromatic heterocycles. The molecule has 0 aromatic carbocycles. The first-order valence-corrected chi connectivity index (χ1v) is 25.8. The van der Waals surface area contributed by atoms with Crippen LogP contribution in [0.2, 0.25) is 0 Å². The summed E-state index contributed by atoms with van der Waals surface area (Å²) < 4.78 is 16.7. The van der Waals surface area contributed by atoms with Crippen LogP contribution in [0.25, 0.3) is 0 Å². The molecule has 0 aliphatic heterocycles. The average molecular weight is 853 g/mol. The predicted octanol–water partition coefficient (Wildman–Crippen LogP) is 16.9. The molecule has 1 atom stereocenters. The summed E-state index contributed by atoms with van der Waals surface area (Å²) in [6, 6.07) is 0. The van der Waals surface area contributed by atoms with Gasteiger partial charge in [0.25, 0.3) is 0 Å². The van der Waals surface area contributed by atoms with Gasteiger partial charge in [0.1, 0.15) is 13.2 Å². The Morgan fingerprint density at radius 3 is 1.00 bits per heavy atom. The number of ether oxygens (including phenoxy) is 3. The fourth-order valence-electron chi connectivity index (χ4n) is 7.18. The molecular weight excluding hydrogens is 757 g/mol. The molecule has 0 saturated carbocycles. The van der Waals surface area contributed by atoms with Crippen LogP contribution in [-0.4, -0.2) is 37.2 Å². The van der Waals surface area contributed by atoms with Crippen molar-refractivity contribution in [3.05, 3.63) is 60.8 Å². The van der Waals surface area contributed by atoms with Crippen molar-refractivity contribution in [2.45, 2.75) is 258 Å². The Kier molecular flexibility index (Phi) is 47.4. The minimum atomic E-state index is -0.792. The maximum atomic E-state index is 12.8. The molecule has 6 heteroatoms. The molecular formula is C55H96O6. The van der Waals surface area contributed by atoms with Crippen LogP contribution in [0, 0.1) is 0 Å². The number of unbranched alkanes of at least 4 members (excludes halogenated alkanes) is 25. The Morgan fingerprint density at radius 1 is 0.344 bits per heavy atom. The van der Waals surface area contributed by atoms with Gasteiger partial charge in [-0.3, -0.25) is 14.4 Å². The van der Waals surface area contributed by atoms with Crippen LogP contribution in [0.15, 0.2) is 60.8 Å². The molecule has 0 amide bonds. The first-order valence-electron chi connectivity index (χ1n) is 25.8. The monoisotopic (exact) mass is 853 g/mol. The largest absolute Gasteiger partial charge is 0.462 e. The van der Waals surface area contributed by atoms with E-state index >= 15 is 0 Å². The van der Waals surface area contributed by atoms with E-state index in [9.17, 15) is 14.4 Å². The minimum absolute atomic E-state index is 0.0884. The Hall–Kier alpha value is -2.89. The highest BCUT2D eigenvalue weighted by Crippen LogP contribution is 2.15. The van der Waals surface area contributed by atoms with Crippen LogP contribution in [0.3, 0.4) is 0 Å². The second-order valence-corrected chi connectivity index (χ2v) is 17.1. The lowest BCUT2D eigenvalue weighted by Crippen LogP contribution is -2.30. The summed E-state index contributed by atoms with van der Waals surface area (Å²) in [5.74, 6) is -0.943. The van der Waals surface area contributed by atoms with Gasteiger partial charge in [-0.2, -0.15) is 0 Å². The van der Waals surface area contributed by atoms with E-state index in [1.54, 1.807) is 0 Å². The molecule has 61 heavy (non-hydrogen) atoms. The van der Waals surface area contributed by atoms with E-state index in [2.05, 4.69) is 81.5 Å². The molecule has 352 valence electrons. The average Bonchev–Trinajstić information content (AvgIpc) is 3.26. The van der Waals surface area contributed by atoms with Crippen molar-refractivity contribution in [2.75, 3.05) is 13.2 Å². The van der Waals surface area contributed by atoms with E-state index in [0.29, 0.717) is 19.3 Å². The van der Waals surface area contributed by atoms with Gasteiger partial charge in [-0.1, -0.05) is 236 Å². The van der Waals surface area contributed by atoms with Crippen molar-refractivity contribution < 1.29 is 28.6 Å². The lowest BCUT2D eigenvalue weighted by atomic mass is 10.0. The minimum Gasteiger partial charge on any atom is -0.462 e. The highest BCUT2D eigenvalue weighted by Gasteiger charge is 2.19. The van der Waals surface area contributed by atoms with Gasteiger partial charge in [-0.25, -0.2) is 0 Å². The summed E-state index contributed by atoms with van der Waals surface area (Å²) in [5.41, 5.74) is 0. The third-order valence-corrected chi connectivity index (χ3v) is 11.0. The van der Waals surface area contributed by atoms with Gasteiger partial charge in [0.05, 0.1) is 0 Å². The van der Waals surface area contributed by atoms with E-state index in [4.69, 9.17) is 14.2 Å². The van der Waals surface area contributed by atoms with Gasteiger partial charge in [-0.15, -0.1) is 0 Å². The van der Waals surface area contributed by atoms with Crippen molar-refractivity contribution in [3.63, 3.8) is 0 Å². The zero-order chi connectivity index (χ0) is 44.4. The molecule has 0 aromatic rings. The third kappa shape index (κ3) is 48.0. The molecule has 0 N–H and O–H groups in total. The van der Waals surface area contributed by atoms with Crippen molar-refractivity contribution >= 4 is 17.9 Å². The number of rotatable bonds is 46. The van der Waals surface area contributed by atoms with Crippen LogP contribution >= 0.6 is 0 Å². The van der Waals surface area contributed by atoms with E-state index < -0.39 is 6.10 Å². The molecule has 0 heterocycles. The zero-order valence-electron chi connectivity index (χ0n) is 40.2. The molecule has 0 aliphatic carbocycles. The highest BCUT2D eigenvalue weighted by atomic mass is 16.6. The summed E-state index contributed by atoms with van der Waals surface area (Å²) in [4.78, 5) is 37.9. The van der Waals surface area contributed by atoms with E-state index in [0.717, 1.165) is 77.0 Å². The van der Waals surface area contributed by atoms with Crippen molar-refractivity contribution in [1.29, 1.82) is 0 Å². The van der Waals surface area contributed by atoms with Gasteiger partial charge in [0.2, 0.25) is 0 Å². The molecule has 0 spiro atoms. The second kappa shape index (κ2) is 49.8. The van der Waals surface area contributed by atoms with Crippen LogP contribution in [0.5, 0.6) is 0 Å². The number of esters is 3. The lowest BCUT2D eigenvalue weighted by Gasteiger charge is -2.18. The number of allylic oxidation sites excluding steroid dienone is 10. The molecule has 0 saturated heterocycles. The van der Waals surface area contributed by atoms with Gasteiger partial charge in [-0.05, 0) is 57.8 Å². The lowest BCUT2D eigenvalue weighted by molar-refractivity contribution is -0.167. The summed E-state index contributed by atoms with van der Waals surface area (Å²) in [6.45, 7) is 6.48. The highest BCUT2D eigenvalue weighted by molar-refractivity contribution is 5.71. The predicted molar refractivity (Wildman–Crippen MR) is 261 cm³/mol. The fraction of sp³-hybridized carbons (Fsp3) is 0.764. The standard InChI is InChI=1S/C55H96O6/c1-4-7-10-13-16-19-22-24-26-27-29-31-34-36-39-42-45-48-54(57)60-51-52(61-55(58)49-46-43-40-37-32-21-18-15-12-9-6-3)50-59-53(56)47-44-41-38-35-33-30-28-25-23-20-17-14-11-8-5-2/h7,10,16,19,24,26,29,31,36,39,52H,4-6,8-9,11-15,17-18,20-23,25,27-28,30,32-35,37-38,40-51H2,1-3H3/b10-7-,19-16-,26-24-,31-29-,39-36-/t52-/m0/s1. The molecule has 0 aliphatic rings. The van der Waals surface area contributed by atoms with Crippen LogP contribution in [0.4, 0.5) is 0 Å². The van der Waals surface area contributed by atoms with Crippen molar-refractivity contribution in [3.8, 4) is 0 Å². The van der Waals surface area contributed by atoms with Gasteiger partial charge >= 0.3 is 17.9 Å². The topological polar surface area (TPSA) is 78.9 Å². The normalized spacial score (nSPS) is 12.5. The smallest absolute Gasteiger partial charge is 0.306 e. The summed E-state index contributed by atoms with van der Waals surface area (Å²) in [7, 11) is 0. The Bertz CT molecular complexity index is 1120. The van der Waals surface area contributed by atoms with Gasteiger partial charge in [0, 0.05) is 19.3 Å². The molecule has 0 fully saturated rings. The summed E-state index contributed by atoms with van der Waals surface area (Å²) in [5, 5.41) is 0. The fourth-order valence-corrected chi connectivity index (χ4v) is 7.18. The summed E-state index contributed by atoms with van der Waals surface area (Å²) >= 11 is 0. The Labute approximate surface area is 377 Å². The third-order valence-electron chi connectivity index (χ3n) is 11.0. The van der Waals surface area contributed by atoms with Crippen molar-refractivity contribution in [2.24, 2.45) is 0 Å². The Balaban J connectivity index is 4.42. The van der Waals surface area contributed by atoms with E-state index in [1.165, 1.54) is 128 Å². The SMILES string of the molecule is CC/C=C\C/C=C\C/C=C\C/C=C\C/C=C\CCCC(=O)OC[C@H](COC(=O)CCCCCCCCCCCCCCCCC)OC(=O)CCCCCCCCCCCCC. The molecule has 0 rings (SSSR count). The van der Waals surface area contributed by atoms with Gasteiger partial charge in [0.15, 0.2) is 6.10 Å². The first-order chi connectivity index (χ1) is 30.0. The number of carbonyl (C=O) groups is 3. The number of hydrogen-bond donors (Lipinski definition) is 0. The molecule has 6 nitrogen and oxygen atoms in total. The molecule has 0 bridgehead atoms. The summed E-state index contributed by atoms with van der Waals surface area (Å²) in [6.07, 6.45) is 60.7. The van der Waals surface area contributed by atoms with E-state index in [1.807, 2.05) is 0 Å². The molecule has 0 radical (unpaired) electrons. The maximum Gasteiger partial charge on any atom is 0.306 e. The first kappa shape index (κ1) is 58.1. The van der Waals surface area contributed by atoms with E-state index in [-0.39, 0.29) is 37.5 Å². The number of carbonyl (C=O) groups excluding carboxylic acids is 3. The van der Waals surface area contributed by atoms with Crippen LogP contribution in [-0.2, 0) is 28.6 Å². The second-order valence-electron chi connectivity index (χ2n) is 17.1. The Morgan fingerprint density at radius 2 is 0.639 bits per heavy atom. The maximum absolute atomic E-state index is 12.8. The van der Waals surface area contributed by atoms with Crippen LogP contribution in [0.1, 0.15) is 252 Å². The zero-order valence-corrected chi connectivity index (χ0v) is 40.2. The number of hydrogen-bond acceptors (Lipinski definition) is 6. The molecule has 0 unspecified atom stereocenters. The van der Waals surface area contributed by atoms with Crippen molar-refractivity contribution in [1.82, 2.24) is 0 Å². The van der Waals surface area contributed by atoms with Crippen LogP contribution < -0.4 is 0 Å². The quantitative estimate of drug-likeness (QED) is 0.0263. The van der Waals surface area contributed by atoms with Gasteiger partial charge < -0.3 is 14.2 Å².